The summed E-state index contributed by atoms with van der Waals surface area (Å²) in [5, 5.41) is 3.26. The van der Waals surface area contributed by atoms with Crippen LogP contribution in [0, 0.1) is 5.92 Å². The summed E-state index contributed by atoms with van der Waals surface area (Å²) < 4.78 is 17.5. The van der Waals surface area contributed by atoms with E-state index in [1.807, 2.05) is 18.2 Å². The number of methoxy groups -OCH3 is 1. The summed E-state index contributed by atoms with van der Waals surface area (Å²) in [6.45, 7) is 5.19. The molecule has 0 aliphatic carbocycles. The van der Waals surface area contributed by atoms with Crippen LogP contribution in [0.3, 0.4) is 0 Å². The SMILES string of the molecule is COc1cc(CNC(=O)COc2ccc(Br)cc2Cl)ccc1OCCC(C)C. The lowest BCUT2D eigenvalue weighted by molar-refractivity contribution is -0.123. The lowest BCUT2D eigenvalue weighted by atomic mass is 10.1. The fraction of sp³-hybridized carbons (Fsp3) is 0.381. The van der Waals surface area contributed by atoms with Gasteiger partial charge in [-0.15, -0.1) is 0 Å². The van der Waals surface area contributed by atoms with Crippen molar-refractivity contribution in [2.75, 3.05) is 20.3 Å². The Morgan fingerprint density at radius 3 is 2.54 bits per heavy atom. The molecule has 152 valence electrons. The maximum absolute atomic E-state index is 12.1. The van der Waals surface area contributed by atoms with Gasteiger partial charge in [0.05, 0.1) is 18.7 Å². The van der Waals surface area contributed by atoms with Crippen molar-refractivity contribution in [3.05, 3.63) is 51.5 Å². The molecule has 2 rings (SSSR count). The van der Waals surface area contributed by atoms with E-state index in [2.05, 4.69) is 35.1 Å². The highest BCUT2D eigenvalue weighted by molar-refractivity contribution is 9.10. The molecule has 0 aliphatic rings. The van der Waals surface area contributed by atoms with Crippen molar-refractivity contribution >= 4 is 33.4 Å². The minimum Gasteiger partial charge on any atom is -0.493 e. The maximum atomic E-state index is 12.1. The zero-order valence-electron chi connectivity index (χ0n) is 16.3. The number of hydrogen-bond acceptors (Lipinski definition) is 4. The minimum absolute atomic E-state index is 0.116. The molecule has 0 aliphatic heterocycles. The number of carbonyl (C=O) groups is 1. The molecule has 0 heterocycles. The van der Waals surface area contributed by atoms with E-state index < -0.39 is 0 Å². The third-order valence-electron chi connectivity index (χ3n) is 3.92. The molecule has 0 spiro atoms. The lowest BCUT2D eigenvalue weighted by Gasteiger charge is -2.13. The molecule has 1 N–H and O–H groups in total. The zero-order valence-corrected chi connectivity index (χ0v) is 18.6. The molecule has 28 heavy (non-hydrogen) atoms. The Bertz CT molecular complexity index is 798. The van der Waals surface area contributed by atoms with Crippen LogP contribution in [-0.2, 0) is 11.3 Å². The van der Waals surface area contributed by atoms with Gasteiger partial charge in [-0.3, -0.25) is 4.79 Å². The van der Waals surface area contributed by atoms with Gasteiger partial charge < -0.3 is 19.5 Å². The fourth-order valence-corrected chi connectivity index (χ4v) is 3.06. The van der Waals surface area contributed by atoms with Crippen molar-refractivity contribution in [2.45, 2.75) is 26.8 Å². The number of benzene rings is 2. The third-order valence-corrected chi connectivity index (χ3v) is 4.71. The number of carbonyl (C=O) groups excluding carboxylic acids is 1. The Labute approximate surface area is 179 Å². The van der Waals surface area contributed by atoms with E-state index in [1.165, 1.54) is 0 Å². The maximum Gasteiger partial charge on any atom is 0.258 e. The van der Waals surface area contributed by atoms with Gasteiger partial charge in [0.15, 0.2) is 18.1 Å². The summed E-state index contributed by atoms with van der Waals surface area (Å²) >= 11 is 9.40. The summed E-state index contributed by atoms with van der Waals surface area (Å²) in [5.74, 6) is 2.15. The molecule has 0 atom stereocenters. The highest BCUT2D eigenvalue weighted by atomic mass is 79.9. The van der Waals surface area contributed by atoms with E-state index >= 15 is 0 Å². The van der Waals surface area contributed by atoms with E-state index in [0.29, 0.717) is 41.3 Å². The number of halogens is 2. The van der Waals surface area contributed by atoms with Crippen LogP contribution < -0.4 is 19.5 Å². The second-order valence-corrected chi connectivity index (χ2v) is 7.98. The number of rotatable bonds is 10. The van der Waals surface area contributed by atoms with Crippen LogP contribution in [-0.4, -0.2) is 26.2 Å². The molecule has 1 amide bonds. The standard InChI is InChI=1S/C21H25BrClNO4/c1-14(2)8-9-27-19-6-4-15(10-20(19)26-3)12-24-21(25)13-28-18-7-5-16(22)11-17(18)23/h4-7,10-11,14H,8-9,12-13H2,1-3H3,(H,24,25). The molecular weight excluding hydrogens is 446 g/mol. The number of amides is 1. The average molecular weight is 471 g/mol. The van der Waals surface area contributed by atoms with Gasteiger partial charge in [0.1, 0.15) is 5.75 Å². The van der Waals surface area contributed by atoms with Crippen LogP contribution in [0.5, 0.6) is 17.2 Å². The number of ether oxygens (including phenoxy) is 3. The van der Waals surface area contributed by atoms with Crippen LogP contribution in [0.25, 0.3) is 0 Å². The van der Waals surface area contributed by atoms with Crippen LogP contribution in [0.15, 0.2) is 40.9 Å². The Kier molecular flexibility index (Phi) is 8.93. The molecule has 0 saturated heterocycles. The molecule has 0 fully saturated rings. The van der Waals surface area contributed by atoms with E-state index in [4.69, 9.17) is 25.8 Å². The number of hydrogen-bond donors (Lipinski definition) is 1. The van der Waals surface area contributed by atoms with Crippen LogP contribution in [0.1, 0.15) is 25.8 Å². The monoisotopic (exact) mass is 469 g/mol. The molecule has 0 aromatic heterocycles. The Hall–Kier alpha value is -1.92. The van der Waals surface area contributed by atoms with Gasteiger partial charge in [-0.1, -0.05) is 47.4 Å². The predicted octanol–water partition coefficient (Wildman–Crippen LogP) is 5.23. The summed E-state index contributed by atoms with van der Waals surface area (Å²) in [4.78, 5) is 12.1. The second kappa shape index (κ2) is 11.2. The predicted molar refractivity (Wildman–Crippen MR) is 114 cm³/mol. The van der Waals surface area contributed by atoms with Gasteiger partial charge in [-0.05, 0) is 48.2 Å². The van der Waals surface area contributed by atoms with E-state index in [1.54, 1.807) is 25.3 Å². The first-order valence-electron chi connectivity index (χ1n) is 9.03. The summed E-state index contributed by atoms with van der Waals surface area (Å²) in [6.07, 6.45) is 0.976. The molecule has 0 saturated carbocycles. The van der Waals surface area contributed by atoms with Crippen molar-refractivity contribution in [3.63, 3.8) is 0 Å². The van der Waals surface area contributed by atoms with Crippen molar-refractivity contribution in [1.82, 2.24) is 5.32 Å². The summed E-state index contributed by atoms with van der Waals surface area (Å²) in [5.41, 5.74) is 0.906. The normalized spacial score (nSPS) is 10.6. The first-order valence-corrected chi connectivity index (χ1v) is 10.2. The minimum atomic E-state index is -0.241. The third kappa shape index (κ3) is 7.24. The summed E-state index contributed by atoms with van der Waals surface area (Å²) in [6, 6.07) is 10.8. The molecular formula is C21H25BrClNO4. The van der Waals surface area contributed by atoms with Gasteiger partial charge in [-0.2, -0.15) is 0 Å². The quantitative estimate of drug-likeness (QED) is 0.516. The Morgan fingerprint density at radius 1 is 1.11 bits per heavy atom. The van der Waals surface area contributed by atoms with E-state index in [-0.39, 0.29) is 12.5 Å². The molecule has 2 aromatic carbocycles. The van der Waals surface area contributed by atoms with Crippen LogP contribution >= 0.6 is 27.5 Å². The largest absolute Gasteiger partial charge is 0.493 e. The number of nitrogens with one attached hydrogen (secondary N) is 1. The van der Waals surface area contributed by atoms with Crippen LogP contribution in [0.4, 0.5) is 0 Å². The molecule has 0 bridgehead atoms. The van der Waals surface area contributed by atoms with E-state index in [9.17, 15) is 4.79 Å². The fourth-order valence-electron chi connectivity index (χ4n) is 2.33. The Balaban J connectivity index is 1.84. The van der Waals surface area contributed by atoms with Gasteiger partial charge in [0, 0.05) is 11.0 Å². The molecule has 7 heteroatoms. The van der Waals surface area contributed by atoms with Gasteiger partial charge in [-0.25, -0.2) is 0 Å². The zero-order chi connectivity index (χ0) is 20.5. The van der Waals surface area contributed by atoms with Gasteiger partial charge >= 0.3 is 0 Å². The summed E-state index contributed by atoms with van der Waals surface area (Å²) in [7, 11) is 1.60. The highest BCUT2D eigenvalue weighted by Gasteiger charge is 2.09. The van der Waals surface area contributed by atoms with Crippen LogP contribution in [0.2, 0.25) is 5.02 Å². The van der Waals surface area contributed by atoms with Crippen molar-refractivity contribution < 1.29 is 19.0 Å². The smallest absolute Gasteiger partial charge is 0.258 e. The Morgan fingerprint density at radius 2 is 1.86 bits per heavy atom. The average Bonchev–Trinajstić information content (AvgIpc) is 2.66. The molecule has 5 nitrogen and oxygen atoms in total. The molecule has 2 aromatic rings. The first-order chi connectivity index (χ1) is 13.4. The van der Waals surface area contributed by atoms with Gasteiger partial charge in [0.2, 0.25) is 0 Å². The topological polar surface area (TPSA) is 56.8 Å². The van der Waals surface area contributed by atoms with Crippen molar-refractivity contribution in [3.8, 4) is 17.2 Å². The van der Waals surface area contributed by atoms with E-state index in [0.717, 1.165) is 16.5 Å². The molecule has 0 radical (unpaired) electrons. The van der Waals surface area contributed by atoms with Gasteiger partial charge in [0.25, 0.3) is 5.91 Å². The van der Waals surface area contributed by atoms with Crippen molar-refractivity contribution in [2.24, 2.45) is 5.92 Å². The highest BCUT2D eigenvalue weighted by Crippen LogP contribution is 2.29. The first kappa shape index (κ1) is 22.4. The second-order valence-electron chi connectivity index (χ2n) is 6.66. The lowest BCUT2D eigenvalue weighted by Crippen LogP contribution is -2.28. The molecule has 0 unspecified atom stereocenters. The van der Waals surface area contributed by atoms with Crippen molar-refractivity contribution in [1.29, 1.82) is 0 Å².